The molecule has 33 heavy (non-hydrogen) atoms. The van der Waals surface area contributed by atoms with Crippen LogP contribution < -0.4 is 9.47 Å². The Morgan fingerprint density at radius 3 is 2.67 bits per heavy atom. The van der Waals surface area contributed by atoms with E-state index in [0.29, 0.717) is 44.1 Å². The Bertz CT molecular complexity index is 1180. The van der Waals surface area contributed by atoms with Crippen LogP contribution in [0, 0.1) is 29.4 Å². The number of terminal acetylenes is 1. The van der Waals surface area contributed by atoms with Gasteiger partial charge in [0, 0.05) is 15.6 Å². The number of hydrogen-bond donors (Lipinski definition) is 0. The first kappa shape index (κ1) is 24.9. The standard InChI is InChI=1S/C22H20BrClN4O4S/c1-4-10-32-21-18(23)11-15(12-19(21)31-5-2)20(13-27(29)30)33-22-26-25-14(3)28(22)17-8-6-16(24)7-9-17/h1,6-9,11-12,20H,5,10,13H2,2-3H3/t20-/m1/s1. The molecular weight excluding hydrogens is 532 g/mol. The first-order chi connectivity index (χ1) is 15.8. The second kappa shape index (κ2) is 11.4. The summed E-state index contributed by atoms with van der Waals surface area (Å²) in [6.45, 7) is 3.77. The molecule has 0 aliphatic carbocycles. The van der Waals surface area contributed by atoms with Crippen molar-refractivity contribution < 1.29 is 14.4 Å². The van der Waals surface area contributed by atoms with Gasteiger partial charge in [-0.2, -0.15) is 0 Å². The lowest BCUT2D eigenvalue weighted by Crippen LogP contribution is -2.12. The summed E-state index contributed by atoms with van der Waals surface area (Å²) in [4.78, 5) is 11.2. The molecule has 11 heteroatoms. The topological polar surface area (TPSA) is 92.3 Å². The molecule has 0 aliphatic heterocycles. The SMILES string of the molecule is C#CCOc1c(Br)cc([C@@H](C[N+](=O)[O-])Sc2nnc(C)n2-c2ccc(Cl)cc2)cc1OCC. The van der Waals surface area contributed by atoms with E-state index in [1.54, 1.807) is 24.3 Å². The molecule has 0 saturated carbocycles. The predicted molar refractivity (Wildman–Crippen MR) is 131 cm³/mol. The van der Waals surface area contributed by atoms with Gasteiger partial charge in [-0.25, -0.2) is 0 Å². The van der Waals surface area contributed by atoms with Gasteiger partial charge in [-0.05, 0) is 71.7 Å². The fourth-order valence-electron chi connectivity index (χ4n) is 3.07. The Morgan fingerprint density at radius 2 is 2.03 bits per heavy atom. The van der Waals surface area contributed by atoms with Gasteiger partial charge >= 0.3 is 0 Å². The summed E-state index contributed by atoms with van der Waals surface area (Å²) in [6.07, 6.45) is 5.31. The molecule has 1 heterocycles. The number of nitrogens with zero attached hydrogens (tertiary/aromatic N) is 4. The molecule has 8 nitrogen and oxygen atoms in total. The van der Waals surface area contributed by atoms with Crippen LogP contribution >= 0.6 is 39.3 Å². The number of benzene rings is 2. The Labute approximate surface area is 208 Å². The second-order valence-corrected chi connectivity index (χ2v) is 9.18. The van der Waals surface area contributed by atoms with Gasteiger partial charge in [0.25, 0.3) is 0 Å². The van der Waals surface area contributed by atoms with Crippen LogP contribution in [0.1, 0.15) is 23.6 Å². The van der Waals surface area contributed by atoms with Crippen molar-refractivity contribution >= 4 is 39.3 Å². The van der Waals surface area contributed by atoms with Crippen molar-refractivity contribution in [3.05, 3.63) is 67.4 Å². The van der Waals surface area contributed by atoms with Crippen LogP contribution in [0.15, 0.2) is 46.0 Å². The number of rotatable bonds is 10. The lowest BCUT2D eigenvalue weighted by atomic mass is 10.1. The highest BCUT2D eigenvalue weighted by molar-refractivity contribution is 9.10. The van der Waals surface area contributed by atoms with Crippen molar-refractivity contribution in [1.29, 1.82) is 0 Å². The minimum absolute atomic E-state index is 0.0641. The molecule has 0 saturated heterocycles. The summed E-state index contributed by atoms with van der Waals surface area (Å²) in [5.41, 5.74) is 1.47. The Kier molecular flexibility index (Phi) is 8.61. The predicted octanol–water partition coefficient (Wildman–Crippen LogP) is 5.51. The maximum atomic E-state index is 11.5. The molecule has 2 aromatic carbocycles. The fraction of sp³-hybridized carbons (Fsp3) is 0.273. The van der Waals surface area contributed by atoms with E-state index in [1.165, 1.54) is 11.8 Å². The molecule has 1 atom stereocenters. The lowest BCUT2D eigenvalue weighted by molar-refractivity contribution is -0.479. The average Bonchev–Trinajstić information content (AvgIpc) is 3.13. The van der Waals surface area contributed by atoms with Crippen molar-refractivity contribution in [3.63, 3.8) is 0 Å². The summed E-state index contributed by atoms with van der Waals surface area (Å²) in [5, 5.41) is 20.5. The highest BCUT2D eigenvalue weighted by atomic mass is 79.9. The number of hydrogen-bond acceptors (Lipinski definition) is 7. The van der Waals surface area contributed by atoms with Crippen molar-refractivity contribution in [3.8, 4) is 29.5 Å². The van der Waals surface area contributed by atoms with Gasteiger partial charge in [0.15, 0.2) is 16.7 Å². The first-order valence-electron chi connectivity index (χ1n) is 9.83. The minimum Gasteiger partial charge on any atom is -0.490 e. The van der Waals surface area contributed by atoms with Crippen LogP contribution in [0.4, 0.5) is 0 Å². The van der Waals surface area contributed by atoms with Gasteiger partial charge in [0.1, 0.15) is 17.7 Å². The van der Waals surface area contributed by atoms with Gasteiger partial charge in [0.05, 0.1) is 11.1 Å². The molecule has 0 fully saturated rings. The van der Waals surface area contributed by atoms with E-state index in [-0.39, 0.29) is 18.1 Å². The summed E-state index contributed by atoms with van der Waals surface area (Å²) in [6, 6.07) is 10.7. The summed E-state index contributed by atoms with van der Waals surface area (Å²) in [5.74, 6) is 3.96. The molecule has 1 aromatic heterocycles. The summed E-state index contributed by atoms with van der Waals surface area (Å²) < 4.78 is 13.7. The highest BCUT2D eigenvalue weighted by Crippen LogP contribution is 2.43. The minimum atomic E-state index is -0.577. The maximum absolute atomic E-state index is 11.5. The first-order valence-corrected chi connectivity index (χ1v) is 11.9. The third-order valence-electron chi connectivity index (χ3n) is 4.45. The van der Waals surface area contributed by atoms with Gasteiger partial charge in [0.2, 0.25) is 6.54 Å². The van der Waals surface area contributed by atoms with E-state index in [9.17, 15) is 10.1 Å². The molecule has 0 spiro atoms. The largest absolute Gasteiger partial charge is 0.490 e. The van der Waals surface area contributed by atoms with Crippen LogP contribution in [0.5, 0.6) is 11.5 Å². The fourth-order valence-corrected chi connectivity index (χ4v) is 4.92. The van der Waals surface area contributed by atoms with E-state index >= 15 is 0 Å². The average molecular weight is 552 g/mol. The van der Waals surface area contributed by atoms with Gasteiger partial charge < -0.3 is 9.47 Å². The number of halogens is 2. The van der Waals surface area contributed by atoms with E-state index in [1.807, 2.05) is 30.5 Å². The molecular formula is C22H20BrClN4O4S. The van der Waals surface area contributed by atoms with Crippen LogP contribution in [-0.4, -0.2) is 39.4 Å². The molecule has 0 N–H and O–H groups in total. The third kappa shape index (κ3) is 6.19. The lowest BCUT2D eigenvalue weighted by Gasteiger charge is -2.18. The van der Waals surface area contributed by atoms with Crippen molar-refractivity contribution in [2.75, 3.05) is 19.8 Å². The molecule has 0 aliphatic rings. The zero-order valence-corrected chi connectivity index (χ0v) is 21.0. The van der Waals surface area contributed by atoms with Gasteiger partial charge in [-0.15, -0.1) is 16.6 Å². The molecule has 172 valence electrons. The van der Waals surface area contributed by atoms with E-state index in [4.69, 9.17) is 27.5 Å². The van der Waals surface area contributed by atoms with Crippen molar-refractivity contribution in [1.82, 2.24) is 14.8 Å². The third-order valence-corrected chi connectivity index (χ3v) is 6.47. The zero-order chi connectivity index (χ0) is 24.0. The van der Waals surface area contributed by atoms with Crippen LogP contribution in [0.2, 0.25) is 5.02 Å². The molecule has 0 bridgehead atoms. The number of aromatic nitrogens is 3. The van der Waals surface area contributed by atoms with Crippen LogP contribution in [0.3, 0.4) is 0 Å². The van der Waals surface area contributed by atoms with Crippen molar-refractivity contribution in [2.45, 2.75) is 24.3 Å². The summed E-state index contributed by atoms with van der Waals surface area (Å²) >= 11 is 10.7. The number of thioether (sulfide) groups is 1. The Morgan fingerprint density at radius 1 is 1.30 bits per heavy atom. The molecule has 3 rings (SSSR count). The van der Waals surface area contributed by atoms with Gasteiger partial charge in [-0.1, -0.05) is 29.3 Å². The second-order valence-electron chi connectivity index (χ2n) is 6.72. The molecule has 0 amide bonds. The number of nitro groups is 1. The summed E-state index contributed by atoms with van der Waals surface area (Å²) in [7, 11) is 0. The van der Waals surface area contributed by atoms with Crippen molar-refractivity contribution in [2.24, 2.45) is 0 Å². The highest BCUT2D eigenvalue weighted by Gasteiger charge is 2.26. The number of aryl methyl sites for hydroxylation is 1. The molecule has 0 unspecified atom stereocenters. The number of ether oxygens (including phenoxy) is 2. The Hall–Kier alpha value is -2.74. The quantitative estimate of drug-likeness (QED) is 0.142. The zero-order valence-electron chi connectivity index (χ0n) is 17.8. The monoisotopic (exact) mass is 550 g/mol. The van der Waals surface area contributed by atoms with E-state index < -0.39 is 5.25 Å². The Balaban J connectivity index is 2.02. The van der Waals surface area contributed by atoms with E-state index in [2.05, 4.69) is 32.0 Å². The smallest absolute Gasteiger partial charge is 0.220 e. The van der Waals surface area contributed by atoms with E-state index in [0.717, 1.165) is 5.69 Å². The molecule has 0 radical (unpaired) electrons. The van der Waals surface area contributed by atoms with Crippen LogP contribution in [0.25, 0.3) is 5.69 Å². The van der Waals surface area contributed by atoms with Crippen LogP contribution in [-0.2, 0) is 0 Å². The molecule has 3 aromatic rings. The normalized spacial score (nSPS) is 11.6. The van der Waals surface area contributed by atoms with Gasteiger partial charge in [-0.3, -0.25) is 14.7 Å². The maximum Gasteiger partial charge on any atom is 0.220 e.